The lowest BCUT2D eigenvalue weighted by molar-refractivity contribution is 0.616. The third-order valence-electron chi connectivity index (χ3n) is 1.36. The first-order valence-electron chi connectivity index (χ1n) is 2.89. The second-order valence-corrected chi connectivity index (χ2v) is 1.96. The van der Waals surface area contributed by atoms with Crippen molar-refractivity contribution >= 4 is 44.9 Å². The lowest BCUT2D eigenvalue weighted by atomic mass is 10.3. The van der Waals surface area contributed by atoms with Crippen LogP contribution in [0, 0.1) is 0 Å². The van der Waals surface area contributed by atoms with E-state index in [4.69, 9.17) is 4.42 Å². The molecule has 0 radical (unpaired) electrons. The molecule has 0 aliphatic carbocycles. The van der Waals surface area contributed by atoms with E-state index < -0.39 is 0 Å². The fourth-order valence-electron chi connectivity index (χ4n) is 0.906. The van der Waals surface area contributed by atoms with E-state index >= 15 is 0 Å². The van der Waals surface area contributed by atoms with Crippen LogP contribution in [-0.4, -0.2) is 0 Å². The third kappa shape index (κ3) is 2.07. The lowest BCUT2D eigenvalue weighted by Gasteiger charge is -1.81. The number of halogens is 2. The van der Waals surface area contributed by atoms with Crippen molar-refractivity contribution in [2.45, 2.75) is 0 Å². The molecule has 1 nitrogen and oxygen atoms in total. The molecule has 0 spiro atoms. The van der Waals surface area contributed by atoms with Crippen molar-refractivity contribution < 1.29 is 4.42 Å². The molecule has 0 unspecified atom stereocenters. The summed E-state index contributed by atoms with van der Waals surface area (Å²) >= 11 is 0. The van der Waals surface area contributed by atoms with Crippen molar-refractivity contribution in [1.82, 2.24) is 0 Å². The Bertz CT molecular complexity index is 286. The van der Waals surface area contributed by atoms with Gasteiger partial charge < -0.3 is 4.42 Å². The van der Waals surface area contributed by atoms with E-state index in [0.29, 0.717) is 0 Å². The van der Waals surface area contributed by atoms with Crippen molar-refractivity contribution in [3.63, 3.8) is 0 Å². The van der Waals surface area contributed by atoms with E-state index in [1.165, 1.54) is 0 Å². The van der Waals surface area contributed by atoms with Crippen molar-refractivity contribution in [3.8, 4) is 0 Å². The van der Waals surface area contributed by atoms with Gasteiger partial charge in [-0.2, -0.15) is 0 Å². The van der Waals surface area contributed by atoms with Crippen LogP contribution in [0.5, 0.6) is 0 Å². The average molecular weight is 280 g/mol. The molecule has 0 fully saturated rings. The summed E-state index contributed by atoms with van der Waals surface area (Å²) in [5.41, 5.74) is 0.956. The molecule has 0 aliphatic heterocycles. The highest BCUT2D eigenvalue weighted by Gasteiger charge is 1.89. The Balaban J connectivity index is 0.000000500. The molecule has 0 atom stereocenters. The maximum Gasteiger partial charge on any atom is 0.133 e. The average Bonchev–Trinajstić information content (AvgIpc) is 2.33. The van der Waals surface area contributed by atoms with Crippen LogP contribution in [0.4, 0.5) is 0 Å². The van der Waals surface area contributed by atoms with Gasteiger partial charge in [0.2, 0.25) is 0 Å². The van der Waals surface area contributed by atoms with Gasteiger partial charge in [0.15, 0.2) is 0 Å². The summed E-state index contributed by atoms with van der Waals surface area (Å²) < 4.78 is 5.12. The molecule has 1 aromatic heterocycles. The SMILES string of the molecule is Br.Br.c1ccc2occc2c1. The largest absolute Gasteiger partial charge is 0.464 e. The zero-order chi connectivity index (χ0) is 6.10. The third-order valence-corrected chi connectivity index (χ3v) is 1.36. The van der Waals surface area contributed by atoms with Crippen LogP contribution in [0.15, 0.2) is 41.0 Å². The zero-order valence-corrected chi connectivity index (χ0v) is 9.11. The summed E-state index contributed by atoms with van der Waals surface area (Å²) in [5.74, 6) is 0. The summed E-state index contributed by atoms with van der Waals surface area (Å²) in [4.78, 5) is 0. The van der Waals surface area contributed by atoms with Gasteiger partial charge in [-0.3, -0.25) is 0 Å². The van der Waals surface area contributed by atoms with Crippen molar-refractivity contribution in [2.75, 3.05) is 0 Å². The summed E-state index contributed by atoms with van der Waals surface area (Å²) in [6.45, 7) is 0. The van der Waals surface area contributed by atoms with Crippen LogP contribution in [0.3, 0.4) is 0 Å². The fraction of sp³-hybridized carbons (Fsp3) is 0. The molecule has 11 heavy (non-hydrogen) atoms. The highest BCUT2D eigenvalue weighted by atomic mass is 79.9. The molecule has 0 saturated heterocycles. The lowest BCUT2D eigenvalue weighted by Crippen LogP contribution is -1.57. The molecule has 2 rings (SSSR count). The fourth-order valence-corrected chi connectivity index (χ4v) is 0.906. The monoisotopic (exact) mass is 278 g/mol. The highest BCUT2D eigenvalue weighted by Crippen LogP contribution is 2.12. The number of fused-ring (bicyclic) bond motifs is 1. The number of hydrogen-bond acceptors (Lipinski definition) is 1. The maximum atomic E-state index is 5.12. The summed E-state index contributed by atoms with van der Waals surface area (Å²) in [6.07, 6.45) is 1.70. The Morgan fingerprint density at radius 1 is 0.909 bits per heavy atom. The Hall–Kier alpha value is -0.280. The number of benzene rings is 1. The summed E-state index contributed by atoms with van der Waals surface area (Å²) in [7, 11) is 0. The Labute approximate surface area is 85.9 Å². The minimum atomic E-state index is 0. The van der Waals surface area contributed by atoms with Gasteiger partial charge in [0, 0.05) is 5.39 Å². The number of furan rings is 1. The molecule has 0 amide bonds. The van der Waals surface area contributed by atoms with Gasteiger partial charge in [0.25, 0.3) is 0 Å². The molecule has 0 aliphatic rings. The van der Waals surface area contributed by atoms with E-state index in [1.807, 2.05) is 30.3 Å². The van der Waals surface area contributed by atoms with E-state index in [-0.39, 0.29) is 34.0 Å². The Kier molecular flexibility index (Phi) is 4.45. The molecule has 1 heterocycles. The highest BCUT2D eigenvalue weighted by molar-refractivity contribution is 8.93. The van der Waals surface area contributed by atoms with Crippen molar-refractivity contribution in [1.29, 1.82) is 0 Å². The first-order chi connectivity index (χ1) is 4.47. The minimum Gasteiger partial charge on any atom is -0.464 e. The summed E-state index contributed by atoms with van der Waals surface area (Å²) in [6, 6.07) is 9.90. The van der Waals surface area contributed by atoms with Crippen LogP contribution in [-0.2, 0) is 0 Å². The van der Waals surface area contributed by atoms with E-state index in [0.717, 1.165) is 11.0 Å². The van der Waals surface area contributed by atoms with Gasteiger partial charge in [0.05, 0.1) is 6.26 Å². The first-order valence-corrected chi connectivity index (χ1v) is 2.89. The Morgan fingerprint density at radius 2 is 1.64 bits per heavy atom. The predicted octanol–water partition coefficient (Wildman–Crippen LogP) is 3.59. The van der Waals surface area contributed by atoms with Gasteiger partial charge in [0.1, 0.15) is 5.58 Å². The first kappa shape index (κ1) is 10.7. The van der Waals surface area contributed by atoms with Gasteiger partial charge in [-0.15, -0.1) is 34.0 Å². The molecule has 1 aromatic carbocycles. The van der Waals surface area contributed by atoms with Crippen LogP contribution in [0.2, 0.25) is 0 Å². The second kappa shape index (κ2) is 4.57. The van der Waals surface area contributed by atoms with Crippen molar-refractivity contribution in [2.24, 2.45) is 0 Å². The molecule has 2 aromatic rings. The Morgan fingerprint density at radius 3 is 2.36 bits per heavy atom. The molecular weight excluding hydrogens is 272 g/mol. The molecular formula is C8H8Br2O. The maximum absolute atomic E-state index is 5.12. The normalized spacial score (nSPS) is 8.36. The number of para-hydroxylation sites is 1. The quantitative estimate of drug-likeness (QED) is 0.718. The van der Waals surface area contributed by atoms with Crippen LogP contribution in [0.25, 0.3) is 11.0 Å². The van der Waals surface area contributed by atoms with Crippen molar-refractivity contribution in [3.05, 3.63) is 36.6 Å². The van der Waals surface area contributed by atoms with Gasteiger partial charge in [-0.25, -0.2) is 0 Å². The van der Waals surface area contributed by atoms with Gasteiger partial charge in [-0.1, -0.05) is 18.2 Å². The van der Waals surface area contributed by atoms with Gasteiger partial charge in [-0.05, 0) is 12.1 Å². The van der Waals surface area contributed by atoms with Gasteiger partial charge >= 0.3 is 0 Å². The molecule has 0 saturated carbocycles. The smallest absolute Gasteiger partial charge is 0.133 e. The second-order valence-electron chi connectivity index (χ2n) is 1.96. The zero-order valence-electron chi connectivity index (χ0n) is 5.69. The predicted molar refractivity (Wildman–Crippen MR) is 56.9 cm³/mol. The number of hydrogen-bond donors (Lipinski definition) is 0. The molecule has 0 N–H and O–H groups in total. The van der Waals surface area contributed by atoms with Crippen LogP contribution in [0.1, 0.15) is 0 Å². The molecule has 0 bridgehead atoms. The van der Waals surface area contributed by atoms with Crippen LogP contribution >= 0.6 is 34.0 Å². The van der Waals surface area contributed by atoms with Crippen LogP contribution < -0.4 is 0 Å². The topological polar surface area (TPSA) is 13.1 Å². The van der Waals surface area contributed by atoms with E-state index in [1.54, 1.807) is 6.26 Å². The number of rotatable bonds is 0. The van der Waals surface area contributed by atoms with E-state index in [2.05, 4.69) is 0 Å². The standard InChI is InChI=1S/C8H6O.2BrH/c1-2-4-8-7(3-1)5-6-9-8;;/h1-6H;2*1H. The molecule has 3 heteroatoms. The summed E-state index contributed by atoms with van der Waals surface area (Å²) in [5, 5.41) is 1.16. The minimum absolute atomic E-state index is 0. The molecule has 60 valence electrons. The van der Waals surface area contributed by atoms with E-state index in [9.17, 15) is 0 Å².